The van der Waals surface area contributed by atoms with Gasteiger partial charge in [-0.1, -0.05) is 36.4 Å². The van der Waals surface area contributed by atoms with Gasteiger partial charge in [0.2, 0.25) is 10.0 Å². The highest BCUT2D eigenvalue weighted by Gasteiger charge is 2.26. The van der Waals surface area contributed by atoms with E-state index in [-0.39, 0.29) is 10.1 Å². The first-order valence-electron chi connectivity index (χ1n) is 9.52. The van der Waals surface area contributed by atoms with Gasteiger partial charge >= 0.3 is 0 Å². The van der Waals surface area contributed by atoms with E-state index in [1.165, 1.54) is 18.0 Å². The van der Waals surface area contributed by atoms with Gasteiger partial charge in [0.25, 0.3) is 0 Å². The van der Waals surface area contributed by atoms with E-state index in [9.17, 15) is 8.42 Å². The van der Waals surface area contributed by atoms with Crippen LogP contribution in [0, 0.1) is 0 Å². The van der Waals surface area contributed by atoms with Gasteiger partial charge in [0.15, 0.2) is 5.82 Å². The van der Waals surface area contributed by atoms with Crippen LogP contribution < -0.4 is 0 Å². The molecule has 1 atom stereocenters. The Morgan fingerprint density at radius 2 is 1.79 bits per heavy atom. The number of para-hydroxylation sites is 1. The maximum Gasteiger partial charge on any atom is 0.244 e. The Balaban J connectivity index is 1.49. The van der Waals surface area contributed by atoms with Crippen molar-refractivity contribution in [1.29, 1.82) is 0 Å². The summed E-state index contributed by atoms with van der Waals surface area (Å²) in [5, 5.41) is 12.7. The fraction of sp³-hybridized carbons (Fsp3) is 0.368. The second-order valence-corrected chi connectivity index (χ2v) is 10.1. The van der Waals surface area contributed by atoms with Gasteiger partial charge in [-0.3, -0.25) is 0 Å². The Labute approximate surface area is 174 Å². The van der Waals surface area contributed by atoms with Crippen molar-refractivity contribution in [3.05, 3.63) is 54.5 Å². The number of nitrogens with zero attached hydrogens (tertiary/aromatic N) is 6. The lowest BCUT2D eigenvalue weighted by Crippen LogP contribution is -2.35. The molecular weight excluding hydrogens is 408 g/mol. The highest BCUT2D eigenvalue weighted by molar-refractivity contribution is 7.99. The number of hydrogen-bond acceptors (Lipinski definition) is 7. The average molecular weight is 431 g/mol. The molecule has 29 heavy (non-hydrogen) atoms. The molecule has 8 nitrogen and oxygen atoms in total. The Kier molecular flexibility index (Phi) is 5.93. The minimum Gasteiger partial charge on any atom is -0.249 e. The highest BCUT2D eigenvalue weighted by Crippen LogP contribution is 2.33. The van der Waals surface area contributed by atoms with E-state index < -0.39 is 10.0 Å². The third kappa shape index (κ3) is 4.34. The molecule has 3 aromatic rings. The molecule has 1 aliphatic rings. The number of sulfonamides is 1. The molecule has 0 spiro atoms. The summed E-state index contributed by atoms with van der Waals surface area (Å²) < 4.78 is 28.8. The average Bonchev–Trinajstić information content (AvgIpc) is 3.26. The van der Waals surface area contributed by atoms with Gasteiger partial charge in [-0.2, -0.15) is 8.99 Å². The SMILES string of the molecule is C[C@H](Sc1ccc(S(=O)(=O)N2CCCCC2)cn1)c1nnnn1-c1ccccc1. The van der Waals surface area contributed by atoms with Crippen molar-refractivity contribution in [2.45, 2.75) is 41.4 Å². The van der Waals surface area contributed by atoms with Crippen LogP contribution in [0.1, 0.15) is 37.3 Å². The third-order valence-corrected chi connectivity index (χ3v) is 7.75. The predicted molar refractivity (Wildman–Crippen MR) is 110 cm³/mol. The van der Waals surface area contributed by atoms with Crippen molar-refractivity contribution in [3.63, 3.8) is 0 Å². The summed E-state index contributed by atoms with van der Waals surface area (Å²) in [4.78, 5) is 4.61. The maximum absolute atomic E-state index is 12.8. The topological polar surface area (TPSA) is 93.9 Å². The minimum atomic E-state index is -3.47. The lowest BCUT2D eigenvalue weighted by molar-refractivity contribution is 0.346. The standard InChI is InChI=1S/C19H22N6O2S2/c1-15(19-21-22-23-25(19)16-8-4-2-5-9-16)28-18-11-10-17(14-20-18)29(26,27)24-12-6-3-7-13-24/h2,4-5,8-11,14-15H,3,6-7,12-13H2,1H3/t15-/m0/s1. The second kappa shape index (κ2) is 8.60. The molecule has 1 aromatic carbocycles. The number of tetrazole rings is 1. The van der Waals surface area contributed by atoms with Crippen molar-refractivity contribution in [2.75, 3.05) is 13.1 Å². The minimum absolute atomic E-state index is 0.0674. The van der Waals surface area contributed by atoms with Crippen molar-refractivity contribution in [2.24, 2.45) is 0 Å². The van der Waals surface area contributed by atoms with Crippen molar-refractivity contribution < 1.29 is 8.42 Å². The molecule has 0 bridgehead atoms. The number of aromatic nitrogens is 5. The molecule has 1 fully saturated rings. The second-order valence-electron chi connectivity index (χ2n) is 6.84. The van der Waals surface area contributed by atoms with Gasteiger partial charge in [-0.05, 0) is 54.5 Å². The molecule has 0 N–H and O–H groups in total. The Morgan fingerprint density at radius 1 is 1.03 bits per heavy atom. The van der Waals surface area contributed by atoms with Crippen LogP contribution in [0.3, 0.4) is 0 Å². The predicted octanol–water partition coefficient (Wildman–Crippen LogP) is 3.09. The van der Waals surface area contributed by atoms with E-state index in [2.05, 4.69) is 20.5 Å². The monoisotopic (exact) mass is 430 g/mol. The molecule has 3 heterocycles. The quantitative estimate of drug-likeness (QED) is 0.555. The molecule has 0 unspecified atom stereocenters. The van der Waals surface area contributed by atoms with E-state index >= 15 is 0 Å². The van der Waals surface area contributed by atoms with Crippen molar-refractivity contribution >= 4 is 21.8 Å². The normalized spacial score (nSPS) is 16.6. The molecule has 0 saturated carbocycles. The van der Waals surface area contributed by atoms with Crippen LogP contribution in [-0.4, -0.2) is 51.0 Å². The van der Waals surface area contributed by atoms with Gasteiger partial charge in [-0.25, -0.2) is 13.4 Å². The zero-order chi connectivity index (χ0) is 20.3. The Hall–Kier alpha value is -2.30. The van der Waals surface area contributed by atoms with E-state index in [4.69, 9.17) is 0 Å². The fourth-order valence-corrected chi connectivity index (χ4v) is 5.62. The number of piperidine rings is 1. The van der Waals surface area contributed by atoms with Gasteiger partial charge in [0, 0.05) is 19.3 Å². The smallest absolute Gasteiger partial charge is 0.244 e. The third-order valence-electron chi connectivity index (χ3n) is 4.82. The van der Waals surface area contributed by atoms with Crippen LogP contribution in [0.25, 0.3) is 5.69 Å². The summed E-state index contributed by atoms with van der Waals surface area (Å²) >= 11 is 1.48. The van der Waals surface area contributed by atoms with E-state index in [0.717, 1.165) is 30.0 Å². The molecule has 2 aromatic heterocycles. The van der Waals surface area contributed by atoms with Crippen LogP contribution in [0.2, 0.25) is 0 Å². The van der Waals surface area contributed by atoms with Crippen LogP contribution in [0.15, 0.2) is 58.6 Å². The maximum atomic E-state index is 12.8. The summed E-state index contributed by atoms with van der Waals surface area (Å²) in [5.41, 5.74) is 0.885. The first kappa shape index (κ1) is 20.0. The van der Waals surface area contributed by atoms with E-state index in [1.54, 1.807) is 21.1 Å². The number of benzene rings is 1. The number of thioether (sulfide) groups is 1. The fourth-order valence-electron chi connectivity index (χ4n) is 3.28. The largest absolute Gasteiger partial charge is 0.249 e. The number of rotatable bonds is 6. The lowest BCUT2D eigenvalue weighted by Gasteiger charge is -2.25. The first-order chi connectivity index (χ1) is 14.1. The molecule has 1 saturated heterocycles. The molecule has 4 rings (SSSR count). The molecule has 0 aliphatic carbocycles. The molecular formula is C19H22N6O2S2. The van der Waals surface area contributed by atoms with Crippen molar-refractivity contribution in [3.8, 4) is 5.69 Å². The lowest BCUT2D eigenvalue weighted by atomic mass is 10.2. The molecule has 0 radical (unpaired) electrons. The van der Waals surface area contributed by atoms with Crippen LogP contribution in [0.5, 0.6) is 0 Å². The first-order valence-corrected chi connectivity index (χ1v) is 11.8. The molecule has 0 amide bonds. The number of hydrogen-bond donors (Lipinski definition) is 0. The van der Waals surface area contributed by atoms with Crippen LogP contribution >= 0.6 is 11.8 Å². The molecule has 1 aliphatic heterocycles. The Bertz CT molecular complexity index is 1050. The van der Waals surface area contributed by atoms with Gasteiger partial charge in [0.1, 0.15) is 4.90 Å². The zero-order valence-electron chi connectivity index (χ0n) is 16.0. The zero-order valence-corrected chi connectivity index (χ0v) is 17.7. The number of pyridine rings is 1. The van der Waals surface area contributed by atoms with Gasteiger partial charge < -0.3 is 0 Å². The summed E-state index contributed by atoms with van der Waals surface area (Å²) in [6.45, 7) is 3.16. The van der Waals surface area contributed by atoms with Crippen molar-refractivity contribution in [1.82, 2.24) is 29.5 Å². The summed E-state index contributed by atoms with van der Waals surface area (Å²) in [5.74, 6) is 0.702. The Morgan fingerprint density at radius 3 is 2.48 bits per heavy atom. The van der Waals surface area contributed by atoms with E-state index in [1.807, 2.05) is 37.3 Å². The van der Waals surface area contributed by atoms with Crippen LogP contribution in [0.4, 0.5) is 0 Å². The molecule has 152 valence electrons. The highest BCUT2D eigenvalue weighted by atomic mass is 32.2. The summed E-state index contributed by atoms with van der Waals surface area (Å²) in [6.07, 6.45) is 4.35. The molecule has 10 heteroatoms. The van der Waals surface area contributed by atoms with Crippen LogP contribution in [-0.2, 0) is 10.0 Å². The van der Waals surface area contributed by atoms with Gasteiger partial charge in [-0.15, -0.1) is 5.10 Å². The van der Waals surface area contributed by atoms with Gasteiger partial charge in [0.05, 0.1) is 16.0 Å². The summed E-state index contributed by atoms with van der Waals surface area (Å²) in [6, 6.07) is 13.1. The summed E-state index contributed by atoms with van der Waals surface area (Å²) in [7, 11) is -3.47. The van der Waals surface area contributed by atoms with E-state index in [0.29, 0.717) is 18.9 Å².